The van der Waals surface area contributed by atoms with Crippen molar-refractivity contribution in [1.29, 1.82) is 0 Å². The molecule has 1 aliphatic rings. The number of nitrogens with two attached hydrogens (primary N) is 1. The van der Waals surface area contributed by atoms with E-state index in [0.717, 1.165) is 22.9 Å². The first-order valence-electron chi connectivity index (χ1n) is 23.0. The maximum Gasteiger partial charge on any atom is 0.243 e. The number of nitrogens with one attached hydrogen (secondary N) is 7. The third-order valence-corrected chi connectivity index (χ3v) is 12.2. The topological polar surface area (TPSA) is 284 Å². The fraction of sp³-hybridized carbons (Fsp3) is 0.469. The molecular formula is C49H63N9O9. The molecule has 0 bridgehead atoms. The van der Waals surface area contributed by atoms with Crippen LogP contribution in [-0.2, 0) is 62.4 Å². The van der Waals surface area contributed by atoms with Crippen LogP contribution in [0.3, 0.4) is 0 Å². The van der Waals surface area contributed by atoms with Crippen molar-refractivity contribution < 1.29 is 43.2 Å². The molecule has 1 saturated heterocycles. The molecule has 9 N–H and O–H groups in total. The van der Waals surface area contributed by atoms with Gasteiger partial charge in [0.25, 0.3) is 0 Å². The van der Waals surface area contributed by atoms with Crippen LogP contribution in [0.25, 0.3) is 10.9 Å². The highest BCUT2D eigenvalue weighted by molar-refractivity contribution is 5.98. The second-order valence-corrected chi connectivity index (χ2v) is 17.5. The molecule has 0 saturated carbocycles. The van der Waals surface area contributed by atoms with Crippen LogP contribution in [0.2, 0.25) is 0 Å². The summed E-state index contributed by atoms with van der Waals surface area (Å²) in [5, 5.41) is 14.5. The Bertz CT molecular complexity index is 2360. The van der Waals surface area contributed by atoms with Crippen LogP contribution in [0.4, 0.5) is 0 Å². The average Bonchev–Trinajstić information content (AvgIpc) is 3.97. The number of benzene rings is 2. The number of carbonyl (C=O) groups is 9. The Hall–Kier alpha value is -6.98. The summed E-state index contributed by atoms with van der Waals surface area (Å²) in [6.07, 6.45) is 4.99. The van der Waals surface area contributed by atoms with Gasteiger partial charge in [-0.3, -0.25) is 43.2 Å². The summed E-state index contributed by atoms with van der Waals surface area (Å²) in [6.45, 7) is 4.71. The van der Waals surface area contributed by atoms with E-state index in [0.29, 0.717) is 17.7 Å². The minimum Gasteiger partial charge on any atom is -0.369 e. The largest absolute Gasteiger partial charge is 0.369 e. The van der Waals surface area contributed by atoms with E-state index in [1.54, 1.807) is 43.5 Å². The van der Waals surface area contributed by atoms with Crippen molar-refractivity contribution in [3.8, 4) is 0 Å². The first-order chi connectivity index (χ1) is 32.1. The number of hydrogen-bond acceptors (Lipinski definition) is 10. The van der Waals surface area contributed by atoms with Gasteiger partial charge in [0.05, 0.1) is 12.4 Å². The predicted molar refractivity (Wildman–Crippen MR) is 248 cm³/mol. The zero-order valence-electron chi connectivity index (χ0n) is 38.4. The molecule has 18 heteroatoms. The molecule has 0 radical (unpaired) electrons. The third kappa shape index (κ3) is 15.6. The number of imidazole rings is 1. The molecular weight excluding hydrogens is 859 g/mol. The van der Waals surface area contributed by atoms with Gasteiger partial charge in [0.15, 0.2) is 5.78 Å². The number of ketones is 3. The quantitative estimate of drug-likeness (QED) is 0.0813. The lowest BCUT2D eigenvalue weighted by Gasteiger charge is -2.26. The van der Waals surface area contributed by atoms with Crippen molar-refractivity contribution in [1.82, 2.24) is 41.5 Å². The Kier molecular flexibility index (Phi) is 19.1. The number of rotatable bonds is 16. The highest BCUT2D eigenvalue weighted by Gasteiger charge is 2.34. The van der Waals surface area contributed by atoms with Crippen LogP contribution in [-0.4, -0.2) is 98.5 Å². The number of unbranched alkanes of at least 4 members (excludes halogenated alkanes) is 1. The maximum absolute atomic E-state index is 14.3. The molecule has 0 spiro atoms. The molecule has 0 unspecified atom stereocenters. The van der Waals surface area contributed by atoms with Gasteiger partial charge in [-0.05, 0) is 49.3 Å². The van der Waals surface area contributed by atoms with E-state index in [2.05, 4.69) is 41.5 Å². The lowest BCUT2D eigenvalue weighted by atomic mass is 9.83. The van der Waals surface area contributed by atoms with E-state index in [1.165, 1.54) is 19.4 Å². The highest BCUT2D eigenvalue weighted by atomic mass is 16.2. The second kappa shape index (κ2) is 25.1. The number of Topliss-reactive ketones (excluding diaryl/α,β-unsaturated/α-hetero) is 3. The molecule has 1 aliphatic heterocycles. The molecule has 3 heterocycles. The lowest BCUT2D eigenvalue weighted by Crippen LogP contribution is -2.58. The normalized spacial score (nSPS) is 21.4. The van der Waals surface area contributed by atoms with Crippen molar-refractivity contribution in [3.05, 3.63) is 90.1 Å². The molecule has 4 aromatic rings. The van der Waals surface area contributed by atoms with Gasteiger partial charge in [-0.15, -0.1) is 0 Å². The van der Waals surface area contributed by atoms with Gasteiger partial charge < -0.3 is 42.3 Å². The predicted octanol–water partition coefficient (Wildman–Crippen LogP) is 2.60. The van der Waals surface area contributed by atoms with Gasteiger partial charge in [-0.1, -0.05) is 75.2 Å². The van der Waals surface area contributed by atoms with E-state index < -0.39 is 94.7 Å². The molecule has 2 aromatic heterocycles. The van der Waals surface area contributed by atoms with Crippen LogP contribution < -0.4 is 32.3 Å². The Balaban J connectivity index is 1.45. The molecule has 0 aliphatic carbocycles. The summed E-state index contributed by atoms with van der Waals surface area (Å²) in [5.41, 5.74) is 8.68. The first kappa shape index (κ1) is 51.0. The minimum atomic E-state index is -1.37. The monoisotopic (exact) mass is 921 g/mol. The van der Waals surface area contributed by atoms with E-state index in [9.17, 15) is 43.2 Å². The van der Waals surface area contributed by atoms with Gasteiger partial charge in [0, 0.05) is 92.3 Å². The van der Waals surface area contributed by atoms with Crippen LogP contribution in [0.5, 0.6) is 0 Å². The van der Waals surface area contributed by atoms with E-state index in [4.69, 9.17) is 5.73 Å². The smallest absolute Gasteiger partial charge is 0.243 e. The average molecular weight is 922 g/mol. The van der Waals surface area contributed by atoms with Crippen molar-refractivity contribution in [2.45, 2.75) is 122 Å². The number of para-hydroxylation sites is 1. The number of amides is 6. The van der Waals surface area contributed by atoms with Crippen molar-refractivity contribution in [2.24, 2.45) is 23.5 Å². The second-order valence-electron chi connectivity index (χ2n) is 17.5. The Morgan fingerprint density at radius 3 is 2.30 bits per heavy atom. The van der Waals surface area contributed by atoms with Crippen LogP contribution >= 0.6 is 0 Å². The summed E-state index contributed by atoms with van der Waals surface area (Å²) < 4.78 is 0. The summed E-state index contributed by atoms with van der Waals surface area (Å²) in [5.74, 6) is -7.92. The molecule has 7 atom stereocenters. The Morgan fingerprint density at radius 2 is 1.60 bits per heavy atom. The number of nitrogens with zero attached hydrogens (tertiary/aromatic N) is 1. The number of aromatic amines is 2. The first-order valence-corrected chi connectivity index (χ1v) is 23.0. The minimum absolute atomic E-state index is 0.00793. The van der Waals surface area contributed by atoms with E-state index in [1.807, 2.05) is 31.2 Å². The van der Waals surface area contributed by atoms with E-state index >= 15 is 0 Å². The molecule has 5 rings (SSSR count). The SMILES string of the molecule is CCCC[C@H](NC(C)=O)C(=O)N[C@H]1CCC(=O)NCC[C@@H](C(=O)C[C@@H](Cc2c[nH]c3ccccc23)C(N)=O)CC(=O)[C@H](C)CC(=O)[C@@H](Cc2ccccc2)NC(=O)[C@H](Cc2cnc[nH]2)NC1=O. The number of primary amides is 1. The molecule has 18 nitrogen and oxygen atoms in total. The van der Waals surface area contributed by atoms with Crippen molar-refractivity contribution in [2.75, 3.05) is 6.54 Å². The van der Waals surface area contributed by atoms with Crippen LogP contribution in [0.1, 0.15) is 95.4 Å². The number of hydrogen-bond donors (Lipinski definition) is 8. The van der Waals surface area contributed by atoms with Crippen molar-refractivity contribution in [3.63, 3.8) is 0 Å². The summed E-state index contributed by atoms with van der Waals surface area (Å²) in [6, 6.07) is 11.6. The highest BCUT2D eigenvalue weighted by Crippen LogP contribution is 2.26. The van der Waals surface area contributed by atoms with Gasteiger partial charge >= 0.3 is 0 Å². The molecule has 67 heavy (non-hydrogen) atoms. The number of aromatic nitrogens is 3. The van der Waals surface area contributed by atoms with Crippen LogP contribution in [0, 0.1) is 17.8 Å². The number of H-pyrrole nitrogens is 2. The number of carbonyl (C=O) groups excluding carboxylic acids is 9. The Morgan fingerprint density at radius 1 is 0.866 bits per heavy atom. The van der Waals surface area contributed by atoms with Gasteiger partial charge in [0.1, 0.15) is 29.7 Å². The molecule has 1 fully saturated rings. The van der Waals surface area contributed by atoms with Gasteiger partial charge in [-0.2, -0.15) is 0 Å². The fourth-order valence-corrected chi connectivity index (χ4v) is 8.31. The number of fused-ring (bicyclic) bond motifs is 1. The summed E-state index contributed by atoms with van der Waals surface area (Å²) in [7, 11) is 0. The van der Waals surface area contributed by atoms with Gasteiger partial charge in [0.2, 0.25) is 35.4 Å². The zero-order valence-corrected chi connectivity index (χ0v) is 38.4. The zero-order chi connectivity index (χ0) is 48.5. The molecule has 2 aromatic carbocycles. The molecule has 6 amide bonds. The standard InChI is InChI=1S/C49H63N9O9/c1-4-5-14-38(55-30(3)59)47(65)56-39-16-17-45(63)52-19-18-32(43(61)24-33(46(50)64)22-34-26-53-37-15-10-9-13-36(34)37)23-42(60)29(2)20-44(62)40(21-31-11-7-6-8-12-31)57-49(67)41(58-48(39)66)25-35-27-51-28-54-35/h6-13,15,26-29,32-33,38-41,53H,4-5,14,16-25H2,1-3H3,(H2,50,64)(H,51,54)(H,52,63)(H,55,59)(H,56,65)(H,57,67)(H,58,66)/t29-,32-,33-,38+,39+,40-,41+/m1/s1. The van der Waals surface area contributed by atoms with Crippen molar-refractivity contribution >= 4 is 63.7 Å². The van der Waals surface area contributed by atoms with Gasteiger partial charge in [-0.25, -0.2) is 4.98 Å². The fourth-order valence-electron chi connectivity index (χ4n) is 8.31. The van der Waals surface area contributed by atoms with E-state index in [-0.39, 0.29) is 70.8 Å². The third-order valence-electron chi connectivity index (χ3n) is 12.2. The summed E-state index contributed by atoms with van der Waals surface area (Å²) >= 11 is 0. The lowest BCUT2D eigenvalue weighted by molar-refractivity contribution is -0.135. The van der Waals surface area contributed by atoms with Crippen LogP contribution in [0.15, 0.2) is 73.3 Å². The Labute approximate surface area is 389 Å². The molecule has 358 valence electrons. The summed E-state index contributed by atoms with van der Waals surface area (Å²) in [4.78, 5) is 133. The maximum atomic E-state index is 14.3.